The highest BCUT2D eigenvalue weighted by Crippen LogP contribution is 2.59. The molecule has 1 amide bonds. The maximum Gasteiger partial charge on any atom is 0.326 e. The number of para-hydroxylation sites is 1. The normalized spacial score (nSPS) is 26.3. The van der Waals surface area contributed by atoms with Gasteiger partial charge in [-0.2, -0.15) is 0 Å². The van der Waals surface area contributed by atoms with E-state index in [0.717, 1.165) is 17.7 Å². The van der Waals surface area contributed by atoms with Crippen molar-refractivity contribution in [2.75, 3.05) is 0 Å². The van der Waals surface area contributed by atoms with Crippen LogP contribution in [0.4, 0.5) is 0 Å². The molecule has 0 bridgehead atoms. The van der Waals surface area contributed by atoms with E-state index >= 15 is 0 Å². The smallest absolute Gasteiger partial charge is 0.326 e. The number of carboxylic acid groups (broad SMARTS) is 1. The van der Waals surface area contributed by atoms with Crippen molar-refractivity contribution in [1.82, 2.24) is 4.90 Å². The van der Waals surface area contributed by atoms with E-state index in [4.69, 9.17) is 4.74 Å². The fourth-order valence-corrected chi connectivity index (χ4v) is 3.91. The van der Waals surface area contributed by atoms with Crippen molar-refractivity contribution in [3.8, 4) is 11.5 Å². The molecule has 1 aliphatic heterocycles. The zero-order chi connectivity index (χ0) is 18.3. The monoisotopic (exact) mass is 351 g/mol. The van der Waals surface area contributed by atoms with E-state index in [0.29, 0.717) is 12.2 Å². The molecule has 2 aliphatic rings. The van der Waals surface area contributed by atoms with Crippen LogP contribution in [0, 0.1) is 5.41 Å². The Morgan fingerprint density at radius 1 is 1.08 bits per heavy atom. The van der Waals surface area contributed by atoms with E-state index in [-0.39, 0.29) is 23.8 Å². The van der Waals surface area contributed by atoms with Gasteiger partial charge in [-0.15, -0.1) is 0 Å². The van der Waals surface area contributed by atoms with Crippen LogP contribution in [0.15, 0.2) is 54.6 Å². The standard InChI is InChI=1S/C21H21NO4/c1-21-12-17(20(24)25)22(18(21)13-21)19(23)11-14-7-9-16(10-8-14)26-15-5-3-2-4-6-15/h2-10,17-18H,11-13H2,1H3,(H,24,25)/t17?,18?,21-/m1/s1. The van der Waals surface area contributed by atoms with E-state index in [1.165, 1.54) is 0 Å². The molecule has 1 N–H and O–H groups in total. The molecular formula is C21H21NO4. The van der Waals surface area contributed by atoms with Crippen LogP contribution in [0.25, 0.3) is 0 Å². The topological polar surface area (TPSA) is 66.8 Å². The Morgan fingerprint density at radius 2 is 1.73 bits per heavy atom. The molecule has 0 radical (unpaired) electrons. The Kier molecular flexibility index (Phi) is 3.94. The molecule has 2 aromatic carbocycles. The van der Waals surface area contributed by atoms with Crippen LogP contribution in [0.5, 0.6) is 11.5 Å². The molecule has 2 fully saturated rings. The number of carboxylic acids is 1. The lowest BCUT2D eigenvalue weighted by Crippen LogP contribution is -2.43. The van der Waals surface area contributed by atoms with Gasteiger partial charge in [0.25, 0.3) is 0 Å². The molecule has 134 valence electrons. The van der Waals surface area contributed by atoms with Crippen molar-refractivity contribution < 1.29 is 19.4 Å². The fraction of sp³-hybridized carbons (Fsp3) is 0.333. The summed E-state index contributed by atoms with van der Waals surface area (Å²) < 4.78 is 5.75. The number of ether oxygens (including phenoxy) is 1. The molecule has 1 heterocycles. The maximum atomic E-state index is 12.7. The predicted octanol–water partition coefficient (Wildman–Crippen LogP) is 3.49. The minimum absolute atomic E-state index is 0.00784. The first-order valence-electron chi connectivity index (χ1n) is 8.82. The van der Waals surface area contributed by atoms with Crippen molar-refractivity contribution in [2.24, 2.45) is 5.41 Å². The largest absolute Gasteiger partial charge is 0.480 e. The molecule has 0 aromatic heterocycles. The van der Waals surface area contributed by atoms with Gasteiger partial charge in [0.2, 0.25) is 5.91 Å². The molecule has 4 rings (SSSR count). The lowest BCUT2D eigenvalue weighted by Gasteiger charge is -2.24. The van der Waals surface area contributed by atoms with Crippen molar-refractivity contribution in [1.29, 1.82) is 0 Å². The van der Waals surface area contributed by atoms with Crippen molar-refractivity contribution in [2.45, 2.75) is 38.3 Å². The Balaban J connectivity index is 1.42. The van der Waals surface area contributed by atoms with Crippen LogP contribution in [0.2, 0.25) is 0 Å². The first-order chi connectivity index (χ1) is 12.5. The molecule has 5 heteroatoms. The fourth-order valence-electron chi connectivity index (χ4n) is 3.91. The molecule has 1 aliphatic carbocycles. The van der Waals surface area contributed by atoms with Gasteiger partial charge in [0.1, 0.15) is 17.5 Å². The van der Waals surface area contributed by atoms with Gasteiger partial charge in [0.05, 0.1) is 6.42 Å². The molecule has 2 unspecified atom stereocenters. The van der Waals surface area contributed by atoms with Gasteiger partial charge in [0, 0.05) is 6.04 Å². The second-order valence-corrected chi connectivity index (χ2v) is 7.47. The second kappa shape index (κ2) is 6.16. The van der Waals surface area contributed by atoms with Gasteiger partial charge in [-0.25, -0.2) is 4.79 Å². The SMILES string of the molecule is C[C@]12CC(C(=O)O)N(C(=O)Cc3ccc(Oc4ccccc4)cc3)C1C2. The van der Waals surface area contributed by atoms with Gasteiger partial charge < -0.3 is 14.7 Å². The summed E-state index contributed by atoms with van der Waals surface area (Å²) in [6.45, 7) is 2.07. The number of piperidine rings is 1. The van der Waals surface area contributed by atoms with E-state index in [1.54, 1.807) is 4.90 Å². The van der Waals surface area contributed by atoms with Crippen LogP contribution in [-0.2, 0) is 16.0 Å². The summed E-state index contributed by atoms with van der Waals surface area (Å²) in [4.78, 5) is 25.8. The molecule has 1 saturated heterocycles. The van der Waals surface area contributed by atoms with Crippen LogP contribution in [-0.4, -0.2) is 34.0 Å². The summed E-state index contributed by atoms with van der Waals surface area (Å²) >= 11 is 0. The van der Waals surface area contributed by atoms with Crippen LogP contribution in [0.1, 0.15) is 25.3 Å². The van der Waals surface area contributed by atoms with E-state index in [9.17, 15) is 14.7 Å². The predicted molar refractivity (Wildman–Crippen MR) is 96.1 cm³/mol. The summed E-state index contributed by atoms with van der Waals surface area (Å²) in [5.41, 5.74) is 0.848. The average molecular weight is 351 g/mol. The van der Waals surface area contributed by atoms with Gasteiger partial charge >= 0.3 is 5.97 Å². The van der Waals surface area contributed by atoms with E-state index in [2.05, 4.69) is 6.92 Å². The minimum atomic E-state index is -0.904. The van der Waals surface area contributed by atoms with Crippen LogP contribution < -0.4 is 4.74 Å². The van der Waals surface area contributed by atoms with Crippen molar-refractivity contribution >= 4 is 11.9 Å². The van der Waals surface area contributed by atoms with Gasteiger partial charge in [-0.05, 0) is 48.1 Å². The summed E-state index contributed by atoms with van der Waals surface area (Å²) in [6, 6.07) is 16.3. The van der Waals surface area contributed by atoms with Crippen LogP contribution in [0.3, 0.4) is 0 Å². The van der Waals surface area contributed by atoms with Crippen molar-refractivity contribution in [3.63, 3.8) is 0 Å². The Bertz CT molecular complexity index is 833. The lowest BCUT2D eigenvalue weighted by molar-refractivity contribution is -0.149. The number of hydrogen-bond donors (Lipinski definition) is 1. The van der Waals surface area contributed by atoms with Gasteiger partial charge in [-0.1, -0.05) is 37.3 Å². The van der Waals surface area contributed by atoms with Gasteiger partial charge in [-0.3, -0.25) is 4.79 Å². The zero-order valence-corrected chi connectivity index (χ0v) is 14.6. The number of carbonyl (C=O) groups is 2. The number of nitrogens with zero attached hydrogens (tertiary/aromatic N) is 1. The third-order valence-electron chi connectivity index (χ3n) is 5.47. The Hall–Kier alpha value is -2.82. The third-order valence-corrected chi connectivity index (χ3v) is 5.47. The molecule has 1 saturated carbocycles. The summed E-state index contributed by atoms with van der Waals surface area (Å²) in [7, 11) is 0. The number of fused-ring (bicyclic) bond motifs is 1. The highest BCUT2D eigenvalue weighted by molar-refractivity contribution is 5.87. The highest BCUT2D eigenvalue weighted by atomic mass is 16.5. The number of amides is 1. The summed E-state index contributed by atoms with van der Waals surface area (Å²) in [5, 5.41) is 9.42. The molecule has 2 aromatic rings. The maximum absolute atomic E-state index is 12.7. The quantitative estimate of drug-likeness (QED) is 0.895. The number of benzene rings is 2. The van der Waals surface area contributed by atoms with Crippen molar-refractivity contribution in [3.05, 3.63) is 60.2 Å². The zero-order valence-electron chi connectivity index (χ0n) is 14.6. The molecule has 5 nitrogen and oxygen atoms in total. The van der Waals surface area contributed by atoms with E-state index < -0.39 is 12.0 Å². The number of rotatable bonds is 5. The molecule has 26 heavy (non-hydrogen) atoms. The van der Waals surface area contributed by atoms with Gasteiger partial charge in [0.15, 0.2) is 0 Å². The lowest BCUT2D eigenvalue weighted by atomic mass is 10.0. The first-order valence-corrected chi connectivity index (χ1v) is 8.82. The molecule has 0 spiro atoms. The number of hydrogen-bond acceptors (Lipinski definition) is 3. The van der Waals surface area contributed by atoms with Crippen LogP contribution >= 0.6 is 0 Å². The third kappa shape index (κ3) is 3.05. The minimum Gasteiger partial charge on any atom is -0.480 e. The Morgan fingerprint density at radius 3 is 2.38 bits per heavy atom. The Labute approximate surface area is 152 Å². The van der Waals surface area contributed by atoms with E-state index in [1.807, 2.05) is 54.6 Å². The summed E-state index contributed by atoms with van der Waals surface area (Å²) in [5.74, 6) is 0.441. The average Bonchev–Trinajstić information content (AvgIpc) is 3.18. The molecular weight excluding hydrogens is 330 g/mol. The number of carbonyl (C=O) groups excluding carboxylic acids is 1. The number of likely N-dealkylation sites (tertiary alicyclic amines) is 1. The number of aliphatic carboxylic acids is 1. The molecule has 3 atom stereocenters. The highest BCUT2D eigenvalue weighted by Gasteiger charge is 2.64. The second-order valence-electron chi connectivity index (χ2n) is 7.47. The first kappa shape index (κ1) is 16.6. The summed E-state index contributed by atoms with van der Waals surface area (Å²) in [6.07, 6.45) is 1.68.